The topological polar surface area (TPSA) is 130 Å². The summed E-state index contributed by atoms with van der Waals surface area (Å²) in [5.74, 6) is -1.90. The van der Waals surface area contributed by atoms with Crippen molar-refractivity contribution in [2.24, 2.45) is 0 Å². The molecule has 0 saturated heterocycles. The summed E-state index contributed by atoms with van der Waals surface area (Å²) < 4.78 is 72.6. The predicted octanol–water partition coefficient (Wildman–Crippen LogP) is 6.76. The number of carboxylic acid groups (broad SMARTS) is 1. The second-order valence-electron chi connectivity index (χ2n) is 11.3. The lowest BCUT2D eigenvalue weighted by molar-refractivity contribution is -0.142. The summed E-state index contributed by atoms with van der Waals surface area (Å²) >= 11 is 0. The number of aryl methyl sites for hydroxylation is 2. The Labute approximate surface area is 281 Å². The molecule has 49 heavy (non-hydrogen) atoms. The van der Waals surface area contributed by atoms with Crippen molar-refractivity contribution < 1.29 is 40.8 Å². The molecule has 13 heteroatoms. The van der Waals surface area contributed by atoms with E-state index in [0.717, 1.165) is 28.2 Å². The number of benzene rings is 4. The molecule has 1 atom stereocenters. The first-order valence-corrected chi connectivity index (χ1v) is 16.6. The number of aromatic nitrogens is 1. The third kappa shape index (κ3) is 8.24. The van der Waals surface area contributed by atoms with Gasteiger partial charge in [-0.25, -0.2) is 17.9 Å². The Hall–Kier alpha value is -5.27. The van der Waals surface area contributed by atoms with Crippen molar-refractivity contribution >= 4 is 21.9 Å². The number of alkyl halides is 3. The fraction of sp³-hybridized carbons (Fsp3) is 0.194. The summed E-state index contributed by atoms with van der Waals surface area (Å²) in [6.45, 7) is 2.29. The van der Waals surface area contributed by atoms with Gasteiger partial charge in [0.05, 0.1) is 5.56 Å². The van der Waals surface area contributed by atoms with Gasteiger partial charge in [0.25, 0.3) is 5.91 Å². The van der Waals surface area contributed by atoms with E-state index in [1.807, 2.05) is 42.5 Å². The van der Waals surface area contributed by atoms with Gasteiger partial charge in [-0.1, -0.05) is 84.0 Å². The van der Waals surface area contributed by atoms with Crippen LogP contribution in [0, 0.1) is 13.8 Å². The number of rotatable bonds is 12. The molecule has 0 aliphatic heterocycles. The van der Waals surface area contributed by atoms with Gasteiger partial charge in [0, 0.05) is 25.1 Å². The summed E-state index contributed by atoms with van der Waals surface area (Å²) in [5.41, 5.74) is 3.02. The molecule has 0 bridgehead atoms. The van der Waals surface area contributed by atoms with Crippen LogP contribution in [0.25, 0.3) is 22.3 Å². The van der Waals surface area contributed by atoms with Gasteiger partial charge in [-0.2, -0.15) is 13.2 Å². The lowest BCUT2D eigenvalue weighted by Gasteiger charge is -2.29. The van der Waals surface area contributed by atoms with E-state index in [-0.39, 0.29) is 41.4 Å². The number of sulfonamides is 1. The molecule has 2 N–H and O–H groups in total. The summed E-state index contributed by atoms with van der Waals surface area (Å²) in [4.78, 5) is 27.6. The monoisotopic (exact) mass is 691 g/mol. The van der Waals surface area contributed by atoms with Gasteiger partial charge in [-0.3, -0.25) is 4.79 Å². The number of carboxylic acids is 1. The maximum atomic E-state index is 14.0. The normalized spacial score (nSPS) is 12.4. The highest BCUT2D eigenvalue weighted by Crippen LogP contribution is 2.31. The van der Waals surface area contributed by atoms with Crippen LogP contribution < -0.4 is 4.72 Å². The second-order valence-corrected chi connectivity index (χ2v) is 13.0. The van der Waals surface area contributed by atoms with Crippen LogP contribution in [0.1, 0.15) is 32.9 Å². The van der Waals surface area contributed by atoms with Crippen LogP contribution in [0.4, 0.5) is 13.2 Å². The molecular formula is C36H32F3N3O6S. The van der Waals surface area contributed by atoms with Gasteiger partial charge < -0.3 is 14.5 Å². The van der Waals surface area contributed by atoms with E-state index in [1.54, 1.807) is 24.3 Å². The van der Waals surface area contributed by atoms with Gasteiger partial charge in [-0.05, 0) is 65.9 Å². The van der Waals surface area contributed by atoms with E-state index in [9.17, 15) is 36.3 Å². The number of carbonyl (C=O) groups is 2. The van der Waals surface area contributed by atoms with E-state index in [1.165, 1.54) is 38.1 Å². The molecule has 0 aliphatic carbocycles. The molecule has 0 unspecified atom stereocenters. The molecule has 0 aliphatic rings. The number of nitrogens with zero attached hydrogens (tertiary/aromatic N) is 2. The maximum Gasteiger partial charge on any atom is 0.416 e. The minimum absolute atomic E-state index is 0.0730. The van der Waals surface area contributed by atoms with E-state index in [2.05, 4.69) is 9.88 Å². The van der Waals surface area contributed by atoms with Gasteiger partial charge in [0.1, 0.15) is 16.6 Å². The Morgan fingerprint density at radius 3 is 1.88 bits per heavy atom. The van der Waals surface area contributed by atoms with E-state index >= 15 is 0 Å². The molecule has 0 fully saturated rings. The number of hydrogen-bond donors (Lipinski definition) is 2. The Balaban J connectivity index is 1.41. The zero-order chi connectivity index (χ0) is 35.3. The number of halogens is 3. The lowest BCUT2D eigenvalue weighted by atomic mass is 9.99. The Kier molecular flexibility index (Phi) is 10.3. The molecule has 5 rings (SSSR count). The molecule has 254 valence electrons. The molecule has 0 radical (unpaired) electrons. The first kappa shape index (κ1) is 35.0. The summed E-state index contributed by atoms with van der Waals surface area (Å²) in [6, 6.07) is 26.0. The first-order chi connectivity index (χ1) is 23.2. The minimum Gasteiger partial charge on any atom is -0.480 e. The zero-order valence-electron chi connectivity index (χ0n) is 26.4. The third-order valence-electron chi connectivity index (χ3n) is 7.97. The minimum atomic E-state index is -4.48. The van der Waals surface area contributed by atoms with Gasteiger partial charge in [0.2, 0.25) is 10.0 Å². The highest BCUT2D eigenvalue weighted by Gasteiger charge is 2.32. The van der Waals surface area contributed by atoms with Crippen molar-refractivity contribution in [2.75, 3.05) is 13.1 Å². The van der Waals surface area contributed by atoms with Crippen LogP contribution in [0.5, 0.6) is 0 Å². The van der Waals surface area contributed by atoms with Crippen LogP contribution in [0.2, 0.25) is 0 Å². The number of hydrogen-bond acceptors (Lipinski definition) is 6. The van der Waals surface area contributed by atoms with Crippen LogP contribution in [0.15, 0.2) is 113 Å². The fourth-order valence-corrected chi connectivity index (χ4v) is 6.82. The predicted molar refractivity (Wildman–Crippen MR) is 176 cm³/mol. The van der Waals surface area contributed by atoms with E-state index in [4.69, 9.17) is 4.52 Å². The van der Waals surface area contributed by atoms with Crippen LogP contribution in [-0.4, -0.2) is 54.6 Å². The van der Waals surface area contributed by atoms with E-state index < -0.39 is 39.7 Å². The van der Waals surface area contributed by atoms with Crippen LogP contribution in [-0.2, 0) is 27.4 Å². The SMILES string of the molecule is Cc1noc(C)c1S(=O)(=O)NCCN(C(=O)c1ccc(-c2ccc(C(F)(F)F)cc2)cc1)[C@@H](Cc1ccc(-c2ccccc2)cc1)C(=O)O. The lowest BCUT2D eigenvalue weighted by Crippen LogP contribution is -2.49. The summed E-state index contributed by atoms with van der Waals surface area (Å²) in [6.07, 6.45) is -4.56. The third-order valence-corrected chi connectivity index (χ3v) is 9.68. The molecule has 4 aromatic carbocycles. The molecule has 0 spiro atoms. The fourth-order valence-electron chi connectivity index (χ4n) is 5.47. The zero-order valence-corrected chi connectivity index (χ0v) is 27.3. The molecular weight excluding hydrogens is 659 g/mol. The molecule has 1 heterocycles. The Bertz CT molecular complexity index is 2010. The molecule has 1 amide bonds. The average molecular weight is 692 g/mol. The van der Waals surface area contributed by atoms with Crippen molar-refractivity contribution in [3.05, 3.63) is 131 Å². The number of aliphatic carboxylic acids is 1. The summed E-state index contributed by atoms with van der Waals surface area (Å²) in [5, 5.41) is 14.0. The second kappa shape index (κ2) is 14.5. The van der Waals surface area contributed by atoms with Crippen molar-refractivity contribution in [3.63, 3.8) is 0 Å². The Morgan fingerprint density at radius 1 is 0.837 bits per heavy atom. The van der Waals surface area contributed by atoms with Crippen molar-refractivity contribution in [1.82, 2.24) is 14.8 Å². The highest BCUT2D eigenvalue weighted by atomic mass is 32.2. The van der Waals surface area contributed by atoms with Crippen LogP contribution in [0.3, 0.4) is 0 Å². The molecule has 5 aromatic rings. The number of carbonyl (C=O) groups excluding carboxylic acids is 1. The number of nitrogens with one attached hydrogen (secondary N) is 1. The molecule has 0 saturated carbocycles. The quantitative estimate of drug-likeness (QED) is 0.148. The Morgan fingerprint density at radius 2 is 1.37 bits per heavy atom. The molecule has 1 aromatic heterocycles. The summed E-state index contributed by atoms with van der Waals surface area (Å²) in [7, 11) is -4.11. The van der Waals surface area contributed by atoms with Crippen molar-refractivity contribution in [1.29, 1.82) is 0 Å². The standard InChI is InChI=1S/C36H32F3N3O6S/c1-23-33(24(2)48-41-23)49(46,47)40-20-21-42(32(35(44)45)22-25-8-10-27(11-9-25)26-6-4-3-5-7-26)34(43)30-14-12-28(13-15-30)29-16-18-31(19-17-29)36(37,38)39/h3-19,32,40H,20-22H2,1-2H3,(H,44,45)/t32-/m0/s1. The maximum absolute atomic E-state index is 14.0. The molecule has 9 nitrogen and oxygen atoms in total. The smallest absolute Gasteiger partial charge is 0.416 e. The average Bonchev–Trinajstić information content (AvgIpc) is 3.44. The first-order valence-electron chi connectivity index (χ1n) is 15.1. The van der Waals surface area contributed by atoms with Gasteiger partial charge >= 0.3 is 12.1 Å². The number of amides is 1. The van der Waals surface area contributed by atoms with Gasteiger partial charge in [-0.15, -0.1) is 0 Å². The highest BCUT2D eigenvalue weighted by molar-refractivity contribution is 7.89. The van der Waals surface area contributed by atoms with Crippen molar-refractivity contribution in [3.8, 4) is 22.3 Å². The largest absolute Gasteiger partial charge is 0.480 e. The van der Waals surface area contributed by atoms with E-state index in [0.29, 0.717) is 16.7 Å². The van der Waals surface area contributed by atoms with Crippen molar-refractivity contribution in [2.45, 2.75) is 37.4 Å². The van der Waals surface area contributed by atoms with Gasteiger partial charge in [0.15, 0.2) is 5.76 Å². The van der Waals surface area contributed by atoms with Crippen LogP contribution >= 0.6 is 0 Å².